The maximum atomic E-state index is 13.6. The zero-order chi connectivity index (χ0) is 37.0. The number of aliphatic hydroxyl groups is 2. The number of rotatable bonds is 17. The first-order valence-corrected chi connectivity index (χ1v) is 19.9. The number of pyridine rings is 1. The quantitative estimate of drug-likeness (QED) is 0.0901. The van der Waals surface area contributed by atoms with Gasteiger partial charge in [-0.25, -0.2) is 17.8 Å². The predicted octanol–water partition coefficient (Wildman–Crippen LogP) is 3.79. The number of alkyl halides is 1. The number of hydrogen-bond donors (Lipinski definition) is 3. The van der Waals surface area contributed by atoms with Crippen molar-refractivity contribution in [3.8, 4) is 6.07 Å². The number of anilines is 1. The second kappa shape index (κ2) is 16.6. The normalized spacial score (nSPS) is 25.0. The second-order valence-corrected chi connectivity index (χ2v) is 17.3. The van der Waals surface area contributed by atoms with Gasteiger partial charge in [-0.1, -0.05) is 39.3 Å². The summed E-state index contributed by atoms with van der Waals surface area (Å²) in [7, 11) is -9.19. The summed E-state index contributed by atoms with van der Waals surface area (Å²) in [5, 5.41) is 34.8. The molecule has 50 heavy (non-hydrogen) atoms. The SMILES string of the molecule is CC[C@H](C)C(=O)OCOP(=O)(CS(=O)(=O)C[C@H]1O[C@@H](n2ccc3c(N[C@H]4C[C@@H](F)C4)c(C#N)c(Cl)nc32)[C@H](O)[C@@H]1O)OCOC(=O)[C@@H](C)CC. The number of nitrogens with zero attached hydrogens (tertiary/aromatic N) is 3. The van der Waals surface area contributed by atoms with E-state index in [4.69, 9.17) is 34.9 Å². The third-order valence-corrected chi connectivity index (χ3v) is 13.6. The molecule has 6 atom stereocenters. The molecule has 0 radical (unpaired) electrons. The van der Waals surface area contributed by atoms with Gasteiger partial charge in [0.05, 0.1) is 23.3 Å². The number of fused-ring (bicyclic) bond motifs is 1. The van der Waals surface area contributed by atoms with Crippen molar-refractivity contribution in [2.24, 2.45) is 11.8 Å². The van der Waals surface area contributed by atoms with Crippen molar-refractivity contribution in [1.29, 1.82) is 5.26 Å². The molecule has 1 saturated carbocycles. The Hall–Kier alpha value is -2.88. The second-order valence-electron chi connectivity index (χ2n) is 12.4. The number of carbonyl (C=O) groups is 2. The van der Waals surface area contributed by atoms with Crippen LogP contribution in [0.5, 0.6) is 0 Å². The number of aliphatic hydroxyl groups excluding tert-OH is 2. The number of nitrogens with one attached hydrogen (secondary N) is 1. The Morgan fingerprint density at radius 3 is 2.26 bits per heavy atom. The van der Waals surface area contributed by atoms with Crippen LogP contribution in [-0.4, -0.2) is 95.5 Å². The van der Waals surface area contributed by atoms with Crippen molar-refractivity contribution in [3.05, 3.63) is 23.0 Å². The molecule has 278 valence electrons. The van der Waals surface area contributed by atoms with E-state index in [1.165, 1.54) is 10.8 Å². The van der Waals surface area contributed by atoms with Crippen molar-refractivity contribution >= 4 is 57.7 Å². The van der Waals surface area contributed by atoms with Crippen LogP contribution in [0.3, 0.4) is 0 Å². The Labute approximate surface area is 293 Å². The number of ether oxygens (including phenoxy) is 3. The Bertz CT molecular complexity index is 1720. The van der Waals surface area contributed by atoms with Crippen molar-refractivity contribution < 1.29 is 60.4 Å². The number of aromatic nitrogens is 2. The first-order valence-electron chi connectivity index (χ1n) is 16.0. The molecule has 20 heteroatoms. The fourth-order valence-electron chi connectivity index (χ4n) is 5.17. The highest BCUT2D eigenvalue weighted by Crippen LogP contribution is 2.50. The molecule has 0 spiro atoms. The molecule has 4 rings (SSSR count). The highest BCUT2D eigenvalue weighted by molar-refractivity contribution is 7.97. The number of hydrogen-bond acceptors (Lipinski definition) is 15. The van der Waals surface area contributed by atoms with E-state index in [0.29, 0.717) is 23.9 Å². The molecule has 3 N–H and O–H groups in total. The number of sulfone groups is 1. The van der Waals surface area contributed by atoms with E-state index in [-0.39, 0.29) is 35.2 Å². The average Bonchev–Trinajstić information content (AvgIpc) is 3.58. The van der Waals surface area contributed by atoms with Gasteiger partial charge in [-0.05, 0) is 31.7 Å². The van der Waals surface area contributed by atoms with E-state index in [9.17, 15) is 42.4 Å². The summed E-state index contributed by atoms with van der Waals surface area (Å²) in [6.07, 6.45) is -4.58. The van der Waals surface area contributed by atoms with Crippen LogP contribution in [0.25, 0.3) is 11.0 Å². The lowest BCUT2D eigenvalue weighted by Crippen LogP contribution is -2.36. The molecule has 0 bridgehead atoms. The molecule has 2 aromatic heterocycles. The first kappa shape index (κ1) is 39.9. The van der Waals surface area contributed by atoms with Gasteiger partial charge in [0.1, 0.15) is 41.8 Å². The molecule has 1 aliphatic carbocycles. The van der Waals surface area contributed by atoms with Gasteiger partial charge in [0.2, 0.25) is 13.6 Å². The third-order valence-electron chi connectivity index (χ3n) is 8.67. The van der Waals surface area contributed by atoms with E-state index in [2.05, 4.69) is 10.3 Å². The number of nitriles is 1. The zero-order valence-corrected chi connectivity index (χ0v) is 30.3. The fraction of sp³-hybridized carbons (Fsp3) is 0.667. The molecule has 0 aromatic carbocycles. The van der Waals surface area contributed by atoms with Gasteiger partial charge in [-0.15, -0.1) is 0 Å². The predicted molar refractivity (Wildman–Crippen MR) is 176 cm³/mol. The van der Waals surface area contributed by atoms with Crippen LogP contribution in [0.2, 0.25) is 5.15 Å². The summed E-state index contributed by atoms with van der Waals surface area (Å²) in [5.74, 6) is -3.39. The van der Waals surface area contributed by atoms with Gasteiger partial charge >= 0.3 is 19.5 Å². The van der Waals surface area contributed by atoms with Gasteiger partial charge < -0.3 is 34.3 Å². The molecule has 0 unspecified atom stereocenters. The van der Waals surface area contributed by atoms with Crippen molar-refractivity contribution in [2.45, 2.75) is 90.1 Å². The van der Waals surface area contributed by atoms with Crippen LogP contribution < -0.4 is 5.32 Å². The standard InChI is InChI=1S/C30H41ClFN4O12PS/c1-5-16(3)29(39)44-13-46-49(41,47-14-45-30(40)17(4)6-2)15-50(42,43)12-22-24(37)25(38)28(48-22)36-8-7-20-23(34-19-9-18(32)10-19)21(11-33)26(31)35-27(20)36/h7-8,16-19,22,24-25,28,37-38H,5-6,9-10,12-15H2,1-4H3,(H,34,35)/t16-,17-,18-,19+,22+,24+,25+,28+/m0/s1. The molecular formula is C30H41ClFN4O12PS. The smallest absolute Gasteiger partial charge is 0.351 e. The highest BCUT2D eigenvalue weighted by atomic mass is 35.5. The maximum absolute atomic E-state index is 13.6. The summed E-state index contributed by atoms with van der Waals surface area (Å²) < 4.78 is 81.0. The third kappa shape index (κ3) is 9.31. The van der Waals surface area contributed by atoms with Gasteiger partial charge in [-0.2, -0.15) is 5.26 Å². The van der Waals surface area contributed by atoms with E-state index >= 15 is 0 Å². The molecule has 2 fully saturated rings. The monoisotopic (exact) mass is 766 g/mol. The zero-order valence-electron chi connectivity index (χ0n) is 27.9. The van der Waals surface area contributed by atoms with Gasteiger partial charge in [0.15, 0.2) is 26.7 Å². The molecule has 2 aliphatic rings. The molecule has 2 aromatic rings. The lowest BCUT2D eigenvalue weighted by atomic mass is 9.90. The van der Waals surface area contributed by atoms with Crippen molar-refractivity contribution in [2.75, 3.05) is 30.1 Å². The van der Waals surface area contributed by atoms with Gasteiger partial charge in [-0.3, -0.25) is 23.2 Å². The molecule has 1 saturated heterocycles. The molecule has 16 nitrogen and oxygen atoms in total. The Morgan fingerprint density at radius 2 is 1.74 bits per heavy atom. The molecular weight excluding hydrogens is 726 g/mol. The van der Waals surface area contributed by atoms with E-state index in [0.717, 1.165) is 0 Å². The summed E-state index contributed by atoms with van der Waals surface area (Å²) in [5.41, 5.74) is -0.844. The minimum atomic E-state index is -4.68. The van der Waals surface area contributed by atoms with Gasteiger partial charge in [0.25, 0.3) is 0 Å². The fourth-order valence-corrected chi connectivity index (χ4v) is 9.61. The van der Waals surface area contributed by atoms with Crippen molar-refractivity contribution in [1.82, 2.24) is 9.55 Å². The van der Waals surface area contributed by atoms with Crippen molar-refractivity contribution in [3.63, 3.8) is 0 Å². The minimum Gasteiger partial charge on any atom is -0.438 e. The van der Waals surface area contributed by atoms with E-state index in [1.807, 2.05) is 6.07 Å². The molecule has 1 aliphatic heterocycles. The number of esters is 2. The van der Waals surface area contributed by atoms with Crippen LogP contribution in [0.1, 0.15) is 65.2 Å². The maximum Gasteiger partial charge on any atom is 0.351 e. The first-order chi connectivity index (χ1) is 23.5. The van der Waals surface area contributed by atoms with Crippen LogP contribution in [0.15, 0.2) is 12.3 Å². The Balaban J connectivity index is 1.51. The van der Waals surface area contributed by atoms with E-state index in [1.54, 1.807) is 33.8 Å². The Morgan fingerprint density at radius 1 is 1.16 bits per heavy atom. The summed E-state index contributed by atoms with van der Waals surface area (Å²) in [6.45, 7) is 4.81. The lowest BCUT2D eigenvalue weighted by Gasteiger charge is -2.31. The molecule has 0 amide bonds. The Kier molecular flexibility index (Phi) is 13.3. The van der Waals surface area contributed by atoms with Gasteiger partial charge in [0, 0.05) is 17.6 Å². The van der Waals surface area contributed by atoms with Crippen LogP contribution in [0.4, 0.5) is 10.1 Å². The van der Waals surface area contributed by atoms with Crippen LogP contribution >= 0.6 is 19.2 Å². The van der Waals surface area contributed by atoms with Crippen LogP contribution in [-0.2, 0) is 47.2 Å². The topological polar surface area (TPSA) is 226 Å². The highest BCUT2D eigenvalue weighted by Gasteiger charge is 2.47. The lowest BCUT2D eigenvalue weighted by molar-refractivity contribution is -0.156. The number of carbonyl (C=O) groups excluding carboxylic acids is 2. The summed E-state index contributed by atoms with van der Waals surface area (Å²) >= 11 is 6.31. The number of halogens is 2. The minimum absolute atomic E-state index is 0.0225. The van der Waals surface area contributed by atoms with Crippen LogP contribution in [0, 0.1) is 23.2 Å². The average molecular weight is 767 g/mol. The summed E-state index contributed by atoms with van der Waals surface area (Å²) in [4.78, 5) is 28.4. The van der Waals surface area contributed by atoms with E-state index < -0.39 is 96.8 Å². The molecule has 3 heterocycles. The summed E-state index contributed by atoms with van der Waals surface area (Å²) in [6, 6.07) is 3.27. The largest absolute Gasteiger partial charge is 0.438 e.